The maximum absolute atomic E-state index is 12.5. The van der Waals surface area contributed by atoms with Gasteiger partial charge in [0.25, 0.3) is 0 Å². The van der Waals surface area contributed by atoms with Crippen LogP contribution < -0.4 is 0 Å². The molecule has 0 spiro atoms. The zero-order valence-corrected chi connectivity index (χ0v) is 15.2. The first-order chi connectivity index (χ1) is 10.1. The molecule has 126 valence electrons. The van der Waals surface area contributed by atoms with Gasteiger partial charge in [-0.2, -0.15) is 0 Å². The highest BCUT2D eigenvalue weighted by Gasteiger charge is 2.39. The van der Waals surface area contributed by atoms with Crippen LogP contribution in [0.25, 0.3) is 0 Å². The minimum absolute atomic E-state index is 0.131. The number of hydrogen-bond donors (Lipinski definition) is 0. The summed E-state index contributed by atoms with van der Waals surface area (Å²) in [7, 11) is 0. The largest absolute Gasteiger partial charge is 0.444 e. The smallest absolute Gasteiger partial charge is 0.411 e. The van der Waals surface area contributed by atoms with Gasteiger partial charge < -0.3 is 4.74 Å². The van der Waals surface area contributed by atoms with E-state index in [0.717, 1.165) is 19.3 Å². The molecule has 1 amide bonds. The fourth-order valence-electron chi connectivity index (χ4n) is 3.44. The van der Waals surface area contributed by atoms with Crippen LogP contribution in [0, 0.1) is 5.41 Å². The number of rotatable bonds is 2. The normalized spacial score (nSPS) is 25.7. The van der Waals surface area contributed by atoms with Crippen molar-refractivity contribution < 1.29 is 9.53 Å². The van der Waals surface area contributed by atoms with Crippen molar-refractivity contribution in [3.05, 3.63) is 11.6 Å². The predicted molar refractivity (Wildman–Crippen MR) is 90.9 cm³/mol. The lowest BCUT2D eigenvalue weighted by molar-refractivity contribution is -0.00166. The third kappa shape index (κ3) is 4.76. The first-order valence-corrected chi connectivity index (χ1v) is 8.76. The number of fused-ring (bicyclic) bond motifs is 2. The summed E-state index contributed by atoms with van der Waals surface area (Å²) in [4.78, 5) is 14.5. The summed E-state index contributed by atoms with van der Waals surface area (Å²) in [5.74, 6) is 0. The van der Waals surface area contributed by atoms with Crippen molar-refractivity contribution in [1.82, 2.24) is 4.90 Å². The van der Waals surface area contributed by atoms with E-state index >= 15 is 0 Å². The fraction of sp³-hybridized carbons (Fsp3) is 0.842. The summed E-state index contributed by atoms with van der Waals surface area (Å²) in [5.41, 5.74) is 1.50. The van der Waals surface area contributed by atoms with Crippen molar-refractivity contribution in [1.29, 1.82) is 0 Å². The molecule has 0 radical (unpaired) electrons. The Bertz CT molecular complexity index is 439. The summed E-state index contributed by atoms with van der Waals surface area (Å²) < 4.78 is 5.62. The van der Waals surface area contributed by atoms with Crippen molar-refractivity contribution in [2.45, 2.75) is 97.8 Å². The van der Waals surface area contributed by atoms with Crippen molar-refractivity contribution >= 4 is 6.09 Å². The average Bonchev–Trinajstić information content (AvgIpc) is 2.32. The van der Waals surface area contributed by atoms with E-state index in [4.69, 9.17) is 4.74 Å². The Morgan fingerprint density at radius 1 is 1.23 bits per heavy atom. The Morgan fingerprint density at radius 3 is 2.45 bits per heavy atom. The van der Waals surface area contributed by atoms with Gasteiger partial charge in [0.15, 0.2) is 0 Å². The second-order valence-corrected chi connectivity index (χ2v) is 9.13. The second kappa shape index (κ2) is 6.25. The van der Waals surface area contributed by atoms with Gasteiger partial charge in [-0.15, -0.1) is 0 Å². The standard InChI is InChI=1S/C19H33NO2/c1-18(2,3)11-10-14-12-15-8-7-9-16(13-14)20(15)17(21)22-19(4,5)6/h12,15-16H,7-11,13H2,1-6H3. The van der Waals surface area contributed by atoms with Crippen LogP contribution in [0.15, 0.2) is 11.6 Å². The van der Waals surface area contributed by atoms with Crippen molar-refractivity contribution in [3.63, 3.8) is 0 Å². The minimum Gasteiger partial charge on any atom is -0.444 e. The van der Waals surface area contributed by atoms with E-state index in [2.05, 4.69) is 26.8 Å². The van der Waals surface area contributed by atoms with Crippen LogP contribution in [0.4, 0.5) is 4.79 Å². The van der Waals surface area contributed by atoms with Crippen LogP contribution in [0.5, 0.6) is 0 Å². The first kappa shape index (κ1) is 17.4. The predicted octanol–water partition coefficient (Wildman–Crippen LogP) is 5.30. The molecule has 2 unspecified atom stereocenters. The van der Waals surface area contributed by atoms with E-state index in [1.54, 1.807) is 5.57 Å². The summed E-state index contributed by atoms with van der Waals surface area (Å²) in [6.45, 7) is 12.7. The van der Waals surface area contributed by atoms with Gasteiger partial charge in [-0.3, -0.25) is 4.90 Å². The van der Waals surface area contributed by atoms with Crippen LogP contribution in [0.2, 0.25) is 0 Å². The third-order valence-corrected chi connectivity index (χ3v) is 4.51. The Kier molecular flexibility index (Phi) is 4.93. The van der Waals surface area contributed by atoms with Gasteiger partial charge in [-0.1, -0.05) is 32.4 Å². The SMILES string of the molecule is CC(C)(C)CCC1=CC2CCCC(C1)N2C(=O)OC(C)(C)C. The molecular formula is C19H33NO2. The summed E-state index contributed by atoms with van der Waals surface area (Å²) in [6.07, 6.45) is 9.04. The van der Waals surface area contributed by atoms with E-state index < -0.39 is 5.60 Å². The molecule has 0 saturated carbocycles. The number of amides is 1. The molecule has 0 aromatic rings. The minimum atomic E-state index is -0.415. The molecule has 0 N–H and O–H groups in total. The Labute approximate surface area is 136 Å². The molecule has 3 nitrogen and oxygen atoms in total. The van der Waals surface area contributed by atoms with Crippen LogP contribution in [0.1, 0.15) is 80.1 Å². The second-order valence-electron chi connectivity index (χ2n) is 9.13. The number of carbonyl (C=O) groups excluding carboxylic acids is 1. The zero-order valence-electron chi connectivity index (χ0n) is 15.2. The molecule has 2 aliphatic heterocycles. The Balaban J connectivity index is 2.06. The molecule has 2 bridgehead atoms. The summed E-state index contributed by atoms with van der Waals surface area (Å²) >= 11 is 0. The highest BCUT2D eigenvalue weighted by Crippen LogP contribution is 2.37. The van der Waals surface area contributed by atoms with E-state index in [1.807, 2.05) is 25.7 Å². The molecule has 0 aliphatic carbocycles. The van der Waals surface area contributed by atoms with E-state index in [0.29, 0.717) is 11.5 Å². The Hall–Kier alpha value is -0.990. The molecule has 2 rings (SSSR count). The quantitative estimate of drug-likeness (QED) is 0.648. The van der Waals surface area contributed by atoms with Crippen molar-refractivity contribution in [3.8, 4) is 0 Å². The molecule has 3 heteroatoms. The number of carbonyl (C=O) groups is 1. The van der Waals surface area contributed by atoms with Gasteiger partial charge >= 0.3 is 6.09 Å². The topological polar surface area (TPSA) is 29.5 Å². The van der Waals surface area contributed by atoms with Crippen molar-refractivity contribution in [2.75, 3.05) is 0 Å². The fourth-order valence-corrected chi connectivity index (χ4v) is 3.44. The molecule has 2 heterocycles. The number of nitrogens with zero attached hydrogens (tertiary/aromatic N) is 1. The van der Waals surface area contributed by atoms with E-state index in [-0.39, 0.29) is 12.1 Å². The molecular weight excluding hydrogens is 274 g/mol. The molecule has 0 aromatic carbocycles. The monoisotopic (exact) mass is 307 g/mol. The average molecular weight is 307 g/mol. The highest BCUT2D eigenvalue weighted by molar-refractivity contribution is 5.70. The molecule has 0 aromatic heterocycles. The Morgan fingerprint density at radius 2 is 1.91 bits per heavy atom. The highest BCUT2D eigenvalue weighted by atomic mass is 16.6. The summed E-state index contributed by atoms with van der Waals surface area (Å²) in [5, 5.41) is 0. The van der Waals surface area contributed by atoms with Crippen LogP contribution in [-0.2, 0) is 4.74 Å². The maximum Gasteiger partial charge on any atom is 0.411 e. The molecule has 22 heavy (non-hydrogen) atoms. The van der Waals surface area contributed by atoms with Gasteiger partial charge in [0.1, 0.15) is 5.60 Å². The third-order valence-electron chi connectivity index (χ3n) is 4.51. The van der Waals surface area contributed by atoms with Gasteiger partial charge in [-0.05, 0) is 64.7 Å². The van der Waals surface area contributed by atoms with Gasteiger partial charge in [0.2, 0.25) is 0 Å². The molecule has 1 saturated heterocycles. The lowest BCUT2D eigenvalue weighted by atomic mass is 9.81. The van der Waals surface area contributed by atoms with Crippen LogP contribution >= 0.6 is 0 Å². The molecule has 1 fully saturated rings. The van der Waals surface area contributed by atoms with Crippen molar-refractivity contribution in [2.24, 2.45) is 5.41 Å². The van der Waals surface area contributed by atoms with E-state index in [9.17, 15) is 4.79 Å². The summed E-state index contributed by atoms with van der Waals surface area (Å²) in [6, 6.07) is 0.589. The van der Waals surface area contributed by atoms with E-state index in [1.165, 1.54) is 19.3 Å². The van der Waals surface area contributed by atoms with Crippen LogP contribution in [0.3, 0.4) is 0 Å². The van der Waals surface area contributed by atoms with Crippen LogP contribution in [-0.4, -0.2) is 28.7 Å². The first-order valence-electron chi connectivity index (χ1n) is 8.76. The molecule has 2 aliphatic rings. The lowest BCUT2D eigenvalue weighted by Gasteiger charge is -2.45. The lowest BCUT2D eigenvalue weighted by Crippen LogP contribution is -2.53. The van der Waals surface area contributed by atoms with Gasteiger partial charge in [-0.25, -0.2) is 4.79 Å². The van der Waals surface area contributed by atoms with Gasteiger partial charge in [0, 0.05) is 6.04 Å². The molecule has 2 atom stereocenters. The maximum atomic E-state index is 12.5. The number of ether oxygens (including phenoxy) is 1. The number of piperidine rings is 1. The van der Waals surface area contributed by atoms with Gasteiger partial charge in [0.05, 0.1) is 6.04 Å². The number of hydrogen-bond acceptors (Lipinski definition) is 2. The zero-order chi connectivity index (χ0) is 16.5.